The third-order valence-electron chi connectivity index (χ3n) is 6.06. The molecule has 5 nitrogen and oxygen atoms in total. The topological polar surface area (TPSA) is 64.5 Å². The molecule has 0 aliphatic carbocycles. The van der Waals surface area contributed by atoms with E-state index < -0.39 is 4.65 Å². The van der Waals surface area contributed by atoms with Gasteiger partial charge in [0.25, 0.3) is 5.91 Å². The van der Waals surface area contributed by atoms with E-state index in [4.69, 9.17) is 16.6 Å². The molecular formula is C26H24ClN3O2S. The molecule has 168 valence electrons. The van der Waals surface area contributed by atoms with E-state index in [-0.39, 0.29) is 5.91 Å². The highest BCUT2D eigenvalue weighted by Gasteiger charge is 2.32. The van der Waals surface area contributed by atoms with E-state index in [0.29, 0.717) is 41.7 Å². The maximum atomic E-state index is 13.8. The van der Waals surface area contributed by atoms with Crippen LogP contribution in [0.15, 0.2) is 81.5 Å². The average Bonchev–Trinajstić information content (AvgIpc) is 3.00. The molecule has 1 fully saturated rings. The van der Waals surface area contributed by atoms with E-state index in [1.54, 1.807) is 23.9 Å². The Bertz CT molecular complexity index is 1240. The first kappa shape index (κ1) is 22.2. The molecule has 2 heterocycles. The molecule has 0 atom stereocenters. The standard InChI is InChI=1S/C26H24ClN3O2S/c27-20-8-6-7-18(15-20)17-28-26(31)19-11-12-24-22(16-19)29-25(30(32)13-4-1-5-14-30)21-9-2-3-10-23(21)33-24/h2-3,6-12,15-16H,1,4-5,13-14,17H2,(H,28,31). The summed E-state index contributed by atoms with van der Waals surface area (Å²) in [6, 6.07) is 20.9. The highest BCUT2D eigenvalue weighted by molar-refractivity contribution is 7.99. The molecule has 7 heteroatoms. The van der Waals surface area contributed by atoms with E-state index in [1.807, 2.05) is 54.6 Å². The molecule has 1 N–H and O–H groups in total. The molecule has 0 saturated carbocycles. The molecule has 0 radical (unpaired) electrons. The summed E-state index contributed by atoms with van der Waals surface area (Å²) in [6.07, 6.45) is 2.88. The van der Waals surface area contributed by atoms with E-state index in [1.165, 1.54) is 0 Å². The lowest BCUT2D eigenvalue weighted by Crippen LogP contribution is -2.51. The van der Waals surface area contributed by atoms with E-state index in [0.717, 1.165) is 40.2 Å². The van der Waals surface area contributed by atoms with Crippen LogP contribution in [0.5, 0.6) is 0 Å². The molecule has 3 aromatic rings. The van der Waals surface area contributed by atoms with Gasteiger partial charge in [0.05, 0.1) is 24.3 Å². The lowest BCUT2D eigenvalue weighted by atomic mass is 10.1. The highest BCUT2D eigenvalue weighted by atomic mass is 35.5. The third kappa shape index (κ3) is 4.70. The number of carbonyl (C=O) groups excluding carboxylic acids is 1. The number of hydrogen-bond donors (Lipinski definition) is 1. The smallest absolute Gasteiger partial charge is 0.251 e. The predicted octanol–water partition coefficient (Wildman–Crippen LogP) is 6.31. The number of rotatable bonds is 3. The summed E-state index contributed by atoms with van der Waals surface area (Å²) in [4.78, 5) is 19.7. The van der Waals surface area contributed by atoms with Crippen LogP contribution in [-0.4, -0.2) is 29.5 Å². The molecule has 1 saturated heterocycles. The number of hydroxylamine groups is 3. The van der Waals surface area contributed by atoms with Gasteiger partial charge in [-0.1, -0.05) is 47.6 Å². The summed E-state index contributed by atoms with van der Waals surface area (Å²) in [5, 5.41) is 17.4. The Morgan fingerprint density at radius 1 is 1.00 bits per heavy atom. The maximum Gasteiger partial charge on any atom is 0.251 e. The Kier molecular flexibility index (Phi) is 6.25. The number of amides is 1. The summed E-state index contributed by atoms with van der Waals surface area (Å²) >= 11 is 7.63. The van der Waals surface area contributed by atoms with Crippen LogP contribution in [0, 0.1) is 5.21 Å². The molecule has 33 heavy (non-hydrogen) atoms. The Morgan fingerprint density at radius 3 is 2.64 bits per heavy atom. The number of amidine groups is 1. The number of aliphatic imine (C=N–C) groups is 1. The van der Waals surface area contributed by atoms with Gasteiger partial charge in [0.2, 0.25) is 5.84 Å². The first-order valence-corrected chi connectivity index (χ1v) is 12.3. The fourth-order valence-electron chi connectivity index (χ4n) is 4.34. The first-order chi connectivity index (χ1) is 16.0. The van der Waals surface area contributed by atoms with Crippen LogP contribution in [0.3, 0.4) is 0 Å². The lowest BCUT2D eigenvalue weighted by molar-refractivity contribution is -0.794. The average molecular weight is 478 g/mol. The number of likely N-dealkylation sites (tertiary alicyclic amines) is 1. The summed E-state index contributed by atoms with van der Waals surface area (Å²) < 4.78 is -0.414. The number of nitrogens with one attached hydrogen (secondary N) is 1. The van der Waals surface area contributed by atoms with Gasteiger partial charge in [-0.3, -0.25) is 4.79 Å². The van der Waals surface area contributed by atoms with Crippen molar-refractivity contribution in [1.82, 2.24) is 5.32 Å². The van der Waals surface area contributed by atoms with Gasteiger partial charge in [0, 0.05) is 26.9 Å². The molecule has 5 rings (SSSR count). The second kappa shape index (κ2) is 9.31. The number of halogens is 1. The normalized spacial score (nSPS) is 16.7. The number of carbonyl (C=O) groups is 1. The van der Waals surface area contributed by atoms with Crippen molar-refractivity contribution in [3.05, 3.63) is 93.7 Å². The maximum absolute atomic E-state index is 13.8. The van der Waals surface area contributed by atoms with Gasteiger partial charge in [0.15, 0.2) is 0 Å². The van der Waals surface area contributed by atoms with Crippen LogP contribution < -0.4 is 5.32 Å². The minimum Gasteiger partial charge on any atom is -0.626 e. The second-order valence-electron chi connectivity index (χ2n) is 8.43. The Labute approximate surface area is 202 Å². The van der Waals surface area contributed by atoms with Crippen molar-refractivity contribution < 1.29 is 9.44 Å². The molecule has 0 bridgehead atoms. The lowest BCUT2D eigenvalue weighted by Gasteiger charge is -2.45. The predicted molar refractivity (Wildman–Crippen MR) is 133 cm³/mol. The number of piperidine rings is 1. The monoisotopic (exact) mass is 477 g/mol. The van der Waals surface area contributed by atoms with Crippen LogP contribution in [0.2, 0.25) is 5.02 Å². The number of nitrogens with zero attached hydrogens (tertiary/aromatic N) is 2. The van der Waals surface area contributed by atoms with Crippen LogP contribution in [0.4, 0.5) is 5.69 Å². The quantitative estimate of drug-likeness (QED) is 0.355. The summed E-state index contributed by atoms with van der Waals surface area (Å²) in [7, 11) is 0. The number of benzene rings is 3. The molecule has 2 aliphatic rings. The third-order valence-corrected chi connectivity index (χ3v) is 7.44. The first-order valence-electron chi connectivity index (χ1n) is 11.1. The number of fused-ring (bicyclic) bond motifs is 2. The van der Waals surface area contributed by atoms with Crippen LogP contribution in [0.1, 0.15) is 40.7 Å². The van der Waals surface area contributed by atoms with Crippen molar-refractivity contribution in [3.63, 3.8) is 0 Å². The van der Waals surface area contributed by atoms with Crippen LogP contribution in [0.25, 0.3) is 0 Å². The van der Waals surface area contributed by atoms with Crippen molar-refractivity contribution in [1.29, 1.82) is 0 Å². The van der Waals surface area contributed by atoms with Crippen LogP contribution >= 0.6 is 23.4 Å². The fraction of sp³-hybridized carbons (Fsp3) is 0.231. The number of quaternary nitrogens is 1. The second-order valence-corrected chi connectivity index (χ2v) is 9.95. The molecule has 2 aliphatic heterocycles. The van der Waals surface area contributed by atoms with E-state index in [2.05, 4.69) is 5.32 Å². The van der Waals surface area contributed by atoms with Crippen molar-refractivity contribution in [2.24, 2.45) is 4.99 Å². The molecule has 3 aromatic carbocycles. The van der Waals surface area contributed by atoms with Gasteiger partial charge < -0.3 is 15.2 Å². The molecule has 0 unspecified atom stereocenters. The molecule has 0 spiro atoms. The highest BCUT2D eigenvalue weighted by Crippen LogP contribution is 2.42. The van der Waals surface area contributed by atoms with Gasteiger partial charge in [-0.25, -0.2) is 0 Å². The van der Waals surface area contributed by atoms with Crippen molar-refractivity contribution >= 4 is 40.8 Å². The molecule has 1 amide bonds. The van der Waals surface area contributed by atoms with E-state index >= 15 is 0 Å². The Morgan fingerprint density at radius 2 is 1.82 bits per heavy atom. The van der Waals surface area contributed by atoms with Crippen molar-refractivity contribution in [2.75, 3.05) is 13.1 Å². The zero-order valence-corrected chi connectivity index (χ0v) is 19.7. The fourth-order valence-corrected chi connectivity index (χ4v) is 5.55. The Balaban J connectivity index is 1.48. The molecule has 0 aromatic heterocycles. The SMILES string of the molecule is O=C(NCc1cccc(Cl)c1)c1ccc2c(c1)N=C([N+]1([O-])CCCCC1)c1ccccc1S2. The minimum absolute atomic E-state index is 0.190. The number of hydrogen-bond acceptors (Lipinski definition) is 4. The minimum atomic E-state index is -0.414. The van der Waals surface area contributed by atoms with Gasteiger partial charge >= 0.3 is 0 Å². The largest absolute Gasteiger partial charge is 0.626 e. The Hall–Kier alpha value is -2.64. The van der Waals surface area contributed by atoms with Crippen LogP contribution in [-0.2, 0) is 6.54 Å². The summed E-state index contributed by atoms with van der Waals surface area (Å²) in [5.74, 6) is 0.360. The van der Waals surface area contributed by atoms with Gasteiger partial charge in [-0.05, 0) is 67.3 Å². The molecular weight excluding hydrogens is 454 g/mol. The van der Waals surface area contributed by atoms with Gasteiger partial charge in [-0.15, -0.1) is 0 Å². The van der Waals surface area contributed by atoms with Gasteiger partial charge in [0.1, 0.15) is 0 Å². The zero-order valence-electron chi connectivity index (χ0n) is 18.1. The zero-order chi connectivity index (χ0) is 22.8. The van der Waals surface area contributed by atoms with Crippen molar-refractivity contribution in [2.45, 2.75) is 35.6 Å². The van der Waals surface area contributed by atoms with Gasteiger partial charge in [-0.2, -0.15) is 4.99 Å². The van der Waals surface area contributed by atoms with E-state index in [9.17, 15) is 10.0 Å². The summed E-state index contributed by atoms with van der Waals surface area (Å²) in [5.41, 5.74) is 3.00. The van der Waals surface area contributed by atoms with Crippen molar-refractivity contribution in [3.8, 4) is 0 Å². The summed E-state index contributed by atoms with van der Waals surface area (Å²) in [6.45, 7) is 1.45.